The Labute approximate surface area is 61.6 Å². The number of nitrogens with one attached hydrogen (secondary N) is 1. The van der Waals surface area contributed by atoms with E-state index in [9.17, 15) is 5.11 Å². The smallest absolute Gasteiger partial charge is 0.0704 e. The second-order valence-electron chi connectivity index (χ2n) is 3.66. The van der Waals surface area contributed by atoms with E-state index >= 15 is 0 Å². The van der Waals surface area contributed by atoms with Crippen molar-refractivity contribution >= 4 is 0 Å². The Hall–Kier alpha value is -0.0800. The van der Waals surface area contributed by atoms with Crippen LogP contribution in [0.4, 0.5) is 0 Å². The Morgan fingerprint density at radius 1 is 1.30 bits per heavy atom. The first-order chi connectivity index (χ1) is 4.86. The molecule has 2 atom stereocenters. The van der Waals surface area contributed by atoms with Crippen molar-refractivity contribution in [2.24, 2.45) is 11.8 Å². The molecule has 1 aliphatic carbocycles. The maximum Gasteiger partial charge on any atom is 0.0704 e. The van der Waals surface area contributed by atoms with Crippen molar-refractivity contribution in [2.75, 3.05) is 13.1 Å². The van der Waals surface area contributed by atoms with Gasteiger partial charge >= 0.3 is 0 Å². The molecular weight excluding hydrogens is 126 g/mol. The number of aliphatic hydroxyl groups excluding tert-OH is 1. The minimum absolute atomic E-state index is 0.0550. The molecule has 1 aliphatic heterocycles. The summed E-state index contributed by atoms with van der Waals surface area (Å²) in [4.78, 5) is 0. The molecule has 2 fully saturated rings. The lowest BCUT2D eigenvalue weighted by Crippen LogP contribution is -2.18. The molecule has 2 aliphatic rings. The standard InChI is InChI=1S/C8H15NO/c10-8-5-9-4-7(8)3-6-1-2-6/h6-10H,1-5H2/t7-,8-/m1/s1. The number of β-amino-alcohol motifs (C(OH)–C–C–N with tert-alkyl or cyclic N) is 1. The Kier molecular flexibility index (Phi) is 1.66. The van der Waals surface area contributed by atoms with E-state index in [1.54, 1.807) is 0 Å². The molecule has 58 valence electrons. The normalized spacial score (nSPS) is 40.5. The summed E-state index contributed by atoms with van der Waals surface area (Å²) in [5.74, 6) is 1.52. The monoisotopic (exact) mass is 141 g/mol. The highest BCUT2D eigenvalue weighted by molar-refractivity contribution is 4.85. The van der Waals surface area contributed by atoms with Crippen LogP contribution < -0.4 is 5.32 Å². The van der Waals surface area contributed by atoms with Crippen LogP contribution in [0.25, 0.3) is 0 Å². The van der Waals surface area contributed by atoms with Gasteiger partial charge in [0.2, 0.25) is 0 Å². The highest BCUT2D eigenvalue weighted by Crippen LogP contribution is 2.36. The molecule has 0 radical (unpaired) electrons. The number of hydrogen-bond acceptors (Lipinski definition) is 2. The SMILES string of the molecule is O[C@@H]1CNC[C@H]1CC1CC1. The Balaban J connectivity index is 1.79. The maximum absolute atomic E-state index is 9.40. The van der Waals surface area contributed by atoms with E-state index in [2.05, 4.69) is 5.32 Å². The summed E-state index contributed by atoms with van der Waals surface area (Å²) in [6, 6.07) is 0. The van der Waals surface area contributed by atoms with E-state index in [-0.39, 0.29) is 6.10 Å². The lowest BCUT2D eigenvalue weighted by molar-refractivity contribution is 0.140. The average Bonchev–Trinajstić information content (AvgIpc) is 2.62. The van der Waals surface area contributed by atoms with Gasteiger partial charge in [-0.3, -0.25) is 0 Å². The third kappa shape index (κ3) is 1.32. The van der Waals surface area contributed by atoms with Crippen molar-refractivity contribution in [3.63, 3.8) is 0 Å². The summed E-state index contributed by atoms with van der Waals surface area (Å²) in [5, 5.41) is 12.6. The fourth-order valence-corrected chi connectivity index (χ4v) is 1.74. The third-order valence-electron chi connectivity index (χ3n) is 2.64. The summed E-state index contributed by atoms with van der Waals surface area (Å²) < 4.78 is 0. The van der Waals surface area contributed by atoms with E-state index in [0.29, 0.717) is 5.92 Å². The molecule has 1 saturated carbocycles. The number of rotatable bonds is 2. The molecule has 0 unspecified atom stereocenters. The molecule has 0 aromatic carbocycles. The molecule has 10 heavy (non-hydrogen) atoms. The van der Waals surface area contributed by atoms with Crippen molar-refractivity contribution in [3.8, 4) is 0 Å². The number of aliphatic hydroxyl groups is 1. The number of hydrogen-bond donors (Lipinski definition) is 2. The van der Waals surface area contributed by atoms with Gasteiger partial charge in [0.05, 0.1) is 6.10 Å². The van der Waals surface area contributed by atoms with E-state index in [4.69, 9.17) is 0 Å². The lowest BCUT2D eigenvalue weighted by Gasteiger charge is -2.11. The molecule has 2 nitrogen and oxygen atoms in total. The summed E-state index contributed by atoms with van der Waals surface area (Å²) in [6.07, 6.45) is 4.02. The zero-order chi connectivity index (χ0) is 6.97. The molecule has 1 heterocycles. The molecule has 1 saturated heterocycles. The lowest BCUT2D eigenvalue weighted by atomic mass is 9.99. The third-order valence-corrected chi connectivity index (χ3v) is 2.64. The van der Waals surface area contributed by atoms with Crippen molar-refractivity contribution in [3.05, 3.63) is 0 Å². The van der Waals surface area contributed by atoms with Gasteiger partial charge in [0.15, 0.2) is 0 Å². The van der Waals surface area contributed by atoms with Crippen LogP contribution in [0.15, 0.2) is 0 Å². The van der Waals surface area contributed by atoms with Gasteiger partial charge in [-0.05, 0) is 18.3 Å². The predicted octanol–water partition coefficient (Wildman–Crippen LogP) is 0.367. The first kappa shape index (κ1) is 6.62. The highest BCUT2D eigenvalue weighted by atomic mass is 16.3. The van der Waals surface area contributed by atoms with Crippen LogP contribution in [0.1, 0.15) is 19.3 Å². The van der Waals surface area contributed by atoms with Gasteiger partial charge in [-0.25, -0.2) is 0 Å². The largest absolute Gasteiger partial charge is 0.391 e. The summed E-state index contributed by atoms with van der Waals surface area (Å²) in [7, 11) is 0. The van der Waals surface area contributed by atoms with Crippen LogP contribution in [0.2, 0.25) is 0 Å². The molecule has 0 aromatic rings. The summed E-state index contributed by atoms with van der Waals surface area (Å²) in [5.41, 5.74) is 0. The van der Waals surface area contributed by atoms with E-state index in [1.807, 2.05) is 0 Å². The molecule has 0 spiro atoms. The summed E-state index contributed by atoms with van der Waals surface area (Å²) >= 11 is 0. The fraction of sp³-hybridized carbons (Fsp3) is 1.00. The van der Waals surface area contributed by atoms with Crippen molar-refractivity contribution in [2.45, 2.75) is 25.4 Å². The first-order valence-corrected chi connectivity index (χ1v) is 4.25. The van der Waals surface area contributed by atoms with Crippen LogP contribution in [0.5, 0.6) is 0 Å². The van der Waals surface area contributed by atoms with Gasteiger partial charge in [0.25, 0.3) is 0 Å². The fourth-order valence-electron chi connectivity index (χ4n) is 1.74. The predicted molar refractivity (Wildman–Crippen MR) is 39.7 cm³/mol. The van der Waals surface area contributed by atoms with E-state index < -0.39 is 0 Å². The van der Waals surface area contributed by atoms with Crippen molar-refractivity contribution in [1.29, 1.82) is 0 Å². The Morgan fingerprint density at radius 2 is 2.10 bits per heavy atom. The van der Waals surface area contributed by atoms with Crippen molar-refractivity contribution < 1.29 is 5.11 Å². The quantitative estimate of drug-likeness (QED) is 0.582. The van der Waals surface area contributed by atoms with Gasteiger partial charge in [-0.1, -0.05) is 12.8 Å². The van der Waals surface area contributed by atoms with Gasteiger partial charge in [0, 0.05) is 13.1 Å². The highest BCUT2D eigenvalue weighted by Gasteiger charge is 2.31. The second kappa shape index (κ2) is 2.51. The van der Waals surface area contributed by atoms with E-state index in [0.717, 1.165) is 19.0 Å². The molecule has 0 bridgehead atoms. The topological polar surface area (TPSA) is 32.3 Å². The maximum atomic E-state index is 9.40. The molecule has 2 rings (SSSR count). The van der Waals surface area contributed by atoms with Crippen LogP contribution in [-0.4, -0.2) is 24.3 Å². The Morgan fingerprint density at radius 3 is 2.60 bits per heavy atom. The first-order valence-electron chi connectivity index (χ1n) is 4.25. The zero-order valence-corrected chi connectivity index (χ0v) is 6.21. The van der Waals surface area contributed by atoms with Gasteiger partial charge < -0.3 is 10.4 Å². The molecule has 2 heteroatoms. The van der Waals surface area contributed by atoms with Crippen LogP contribution in [-0.2, 0) is 0 Å². The average molecular weight is 141 g/mol. The second-order valence-corrected chi connectivity index (χ2v) is 3.66. The minimum Gasteiger partial charge on any atom is -0.391 e. The van der Waals surface area contributed by atoms with Gasteiger partial charge in [-0.15, -0.1) is 0 Å². The zero-order valence-electron chi connectivity index (χ0n) is 6.21. The molecule has 0 aromatic heterocycles. The minimum atomic E-state index is -0.0550. The summed E-state index contributed by atoms with van der Waals surface area (Å²) in [6.45, 7) is 1.86. The van der Waals surface area contributed by atoms with E-state index in [1.165, 1.54) is 19.3 Å². The van der Waals surface area contributed by atoms with Crippen LogP contribution in [0, 0.1) is 11.8 Å². The van der Waals surface area contributed by atoms with Gasteiger partial charge in [-0.2, -0.15) is 0 Å². The molecule has 0 amide bonds. The van der Waals surface area contributed by atoms with Gasteiger partial charge in [0.1, 0.15) is 0 Å². The van der Waals surface area contributed by atoms with Crippen molar-refractivity contribution in [1.82, 2.24) is 5.32 Å². The van der Waals surface area contributed by atoms with Crippen LogP contribution in [0.3, 0.4) is 0 Å². The van der Waals surface area contributed by atoms with Crippen LogP contribution >= 0.6 is 0 Å². The molecule has 2 N–H and O–H groups in total. The Bertz CT molecular complexity index is 122. The molecular formula is C8H15NO.